The first-order valence-electron chi connectivity index (χ1n) is 9.66. The average molecular weight is 484 g/mol. The minimum Gasteiger partial charge on any atom is -0.125 e. The molecule has 27 heavy (non-hydrogen) atoms. The van der Waals surface area contributed by atoms with Gasteiger partial charge in [0.05, 0.1) is 0 Å². The first-order valence-corrected chi connectivity index (χ1v) is 13.0. The molecule has 0 N–H and O–H groups in total. The normalized spacial score (nSPS) is 11.2. The van der Waals surface area contributed by atoms with E-state index in [2.05, 4.69) is 136 Å². The zero-order chi connectivity index (χ0) is 20.0. The second-order valence-electron chi connectivity index (χ2n) is 7.98. The van der Waals surface area contributed by atoms with Crippen LogP contribution in [0.4, 0.5) is 0 Å². The van der Waals surface area contributed by atoms with Gasteiger partial charge < -0.3 is 0 Å². The number of halogens is 1. The molecule has 0 unspecified atom stereocenters. The molecular weight excluding hydrogens is 455 g/mol. The van der Waals surface area contributed by atoms with E-state index in [9.17, 15) is 0 Å². The Bertz CT molecular complexity index is 845. The van der Waals surface area contributed by atoms with E-state index in [1.807, 2.05) is 0 Å². The van der Waals surface area contributed by atoms with Crippen LogP contribution in [0.2, 0.25) is 16.6 Å². The van der Waals surface area contributed by atoms with E-state index in [1.165, 1.54) is 3.57 Å². The molecule has 0 saturated carbocycles. The molecule has 0 nitrogen and oxygen atoms in total. The first-order chi connectivity index (χ1) is 12.8. The minimum absolute atomic E-state index is 0.657. The van der Waals surface area contributed by atoms with E-state index >= 15 is 0 Å². The Kier molecular flexibility index (Phi) is 7.77. The van der Waals surface area contributed by atoms with Gasteiger partial charge >= 0.3 is 0 Å². The van der Waals surface area contributed by atoms with E-state index in [0.29, 0.717) is 16.6 Å². The zero-order valence-electron chi connectivity index (χ0n) is 17.2. The topological polar surface area (TPSA) is 0 Å². The Hall–Kier alpha value is -1.49. The molecule has 140 valence electrons. The van der Waals surface area contributed by atoms with Gasteiger partial charge in [0.1, 0.15) is 8.07 Å². The maximum absolute atomic E-state index is 3.78. The summed E-state index contributed by atoms with van der Waals surface area (Å²) >= 11 is 2.31. The molecule has 2 rings (SSSR count). The Labute approximate surface area is 180 Å². The van der Waals surface area contributed by atoms with Crippen LogP contribution in [0.5, 0.6) is 0 Å². The Morgan fingerprint density at radius 2 is 0.926 bits per heavy atom. The van der Waals surface area contributed by atoms with Crippen molar-refractivity contribution in [2.75, 3.05) is 0 Å². The lowest BCUT2D eigenvalue weighted by atomic mass is 10.1. The van der Waals surface area contributed by atoms with Crippen molar-refractivity contribution in [3.63, 3.8) is 0 Å². The van der Waals surface area contributed by atoms with E-state index in [4.69, 9.17) is 0 Å². The SMILES string of the molecule is CC(C)[Si](C#Cc1ccc(C#Cc2ccc(I)cc2)cc1)(C(C)C)C(C)C. The standard InChI is InChI=1S/C25H29ISi/c1-19(2)27(20(3)4,21(5)6)18-17-24-11-9-22(10-12-24)7-8-23-13-15-25(26)16-14-23/h9-16,19-21H,1-6H3. The van der Waals surface area contributed by atoms with Crippen molar-refractivity contribution in [2.24, 2.45) is 0 Å². The summed E-state index contributed by atoms with van der Waals surface area (Å²) in [6, 6.07) is 16.6. The summed E-state index contributed by atoms with van der Waals surface area (Å²) in [7, 11) is -1.68. The highest BCUT2D eigenvalue weighted by molar-refractivity contribution is 14.1. The smallest absolute Gasteiger partial charge is 0.125 e. The highest BCUT2D eigenvalue weighted by Gasteiger charge is 2.41. The fourth-order valence-electron chi connectivity index (χ4n) is 3.93. The molecule has 2 aromatic rings. The van der Waals surface area contributed by atoms with Crippen molar-refractivity contribution in [2.45, 2.75) is 58.2 Å². The van der Waals surface area contributed by atoms with Crippen LogP contribution in [0.3, 0.4) is 0 Å². The zero-order valence-corrected chi connectivity index (χ0v) is 20.4. The predicted octanol–water partition coefficient (Wildman–Crippen LogP) is 7.26. The van der Waals surface area contributed by atoms with Crippen LogP contribution in [-0.4, -0.2) is 8.07 Å². The molecule has 0 aliphatic carbocycles. The fourth-order valence-corrected chi connectivity index (χ4v) is 9.51. The van der Waals surface area contributed by atoms with Crippen LogP contribution >= 0.6 is 22.6 Å². The molecule has 0 saturated heterocycles. The summed E-state index contributed by atoms with van der Waals surface area (Å²) in [6.07, 6.45) is 0. The van der Waals surface area contributed by atoms with Crippen molar-refractivity contribution in [1.29, 1.82) is 0 Å². The molecule has 0 radical (unpaired) electrons. The van der Waals surface area contributed by atoms with Crippen molar-refractivity contribution in [3.8, 4) is 23.3 Å². The molecular formula is C25H29ISi. The highest BCUT2D eigenvalue weighted by Crippen LogP contribution is 2.40. The molecule has 0 spiro atoms. The third-order valence-electron chi connectivity index (χ3n) is 5.37. The molecule has 2 aromatic carbocycles. The van der Waals surface area contributed by atoms with E-state index in [-0.39, 0.29) is 0 Å². The highest BCUT2D eigenvalue weighted by atomic mass is 127. The monoisotopic (exact) mass is 484 g/mol. The quantitative estimate of drug-likeness (QED) is 0.244. The Balaban J connectivity index is 2.24. The van der Waals surface area contributed by atoms with E-state index < -0.39 is 8.07 Å². The van der Waals surface area contributed by atoms with Crippen LogP contribution in [0.15, 0.2) is 48.5 Å². The first kappa shape index (κ1) is 21.8. The Morgan fingerprint density at radius 1 is 0.593 bits per heavy atom. The number of hydrogen-bond acceptors (Lipinski definition) is 0. The van der Waals surface area contributed by atoms with E-state index in [0.717, 1.165) is 16.7 Å². The summed E-state index contributed by atoms with van der Waals surface area (Å²) in [5, 5.41) is 0. The summed E-state index contributed by atoms with van der Waals surface area (Å²) < 4.78 is 1.23. The van der Waals surface area contributed by atoms with Gasteiger partial charge in [0, 0.05) is 20.3 Å². The number of hydrogen-bond donors (Lipinski definition) is 0. The summed E-state index contributed by atoms with van der Waals surface area (Å²) in [6.45, 7) is 14.1. The molecule has 0 bridgehead atoms. The summed E-state index contributed by atoms with van der Waals surface area (Å²) in [5.74, 6) is 9.97. The van der Waals surface area contributed by atoms with E-state index in [1.54, 1.807) is 0 Å². The lowest BCUT2D eigenvalue weighted by Crippen LogP contribution is -2.43. The molecule has 0 aliphatic rings. The summed E-state index contributed by atoms with van der Waals surface area (Å²) in [4.78, 5) is 0. The van der Waals surface area contributed by atoms with Gasteiger partial charge in [-0.15, -0.1) is 5.54 Å². The molecule has 0 heterocycles. The minimum atomic E-state index is -1.68. The molecule has 0 fully saturated rings. The van der Waals surface area contributed by atoms with Gasteiger partial charge in [0.15, 0.2) is 0 Å². The maximum atomic E-state index is 3.78. The van der Waals surface area contributed by atoms with Crippen molar-refractivity contribution >= 4 is 30.7 Å². The summed E-state index contributed by atoms with van der Waals surface area (Å²) in [5.41, 5.74) is 8.91. The second-order valence-corrected chi connectivity index (χ2v) is 14.8. The average Bonchev–Trinajstić information content (AvgIpc) is 2.62. The molecule has 0 amide bonds. The fraction of sp³-hybridized carbons (Fsp3) is 0.360. The predicted molar refractivity (Wildman–Crippen MR) is 130 cm³/mol. The Morgan fingerprint density at radius 3 is 1.30 bits per heavy atom. The molecule has 0 aliphatic heterocycles. The van der Waals surface area contributed by atoms with Crippen molar-refractivity contribution in [3.05, 3.63) is 68.8 Å². The lowest BCUT2D eigenvalue weighted by molar-refractivity contribution is 0.838. The largest absolute Gasteiger partial charge is 0.146 e. The number of rotatable bonds is 3. The third kappa shape index (κ3) is 5.50. The van der Waals surface area contributed by atoms with Gasteiger partial charge in [0.25, 0.3) is 0 Å². The number of benzene rings is 2. The van der Waals surface area contributed by atoms with Gasteiger partial charge in [-0.05, 0) is 87.7 Å². The molecule has 0 aromatic heterocycles. The molecule has 2 heteroatoms. The van der Waals surface area contributed by atoms with Crippen LogP contribution in [0.1, 0.15) is 58.2 Å². The lowest BCUT2D eigenvalue weighted by Gasteiger charge is -2.38. The third-order valence-corrected chi connectivity index (χ3v) is 12.4. The van der Waals surface area contributed by atoms with Crippen LogP contribution < -0.4 is 0 Å². The van der Waals surface area contributed by atoms with Crippen molar-refractivity contribution < 1.29 is 0 Å². The van der Waals surface area contributed by atoms with Crippen LogP contribution in [-0.2, 0) is 0 Å². The van der Waals surface area contributed by atoms with Gasteiger partial charge in [-0.1, -0.05) is 59.3 Å². The van der Waals surface area contributed by atoms with Gasteiger partial charge in [-0.3, -0.25) is 0 Å². The van der Waals surface area contributed by atoms with Gasteiger partial charge in [0.2, 0.25) is 0 Å². The maximum Gasteiger partial charge on any atom is 0.146 e. The van der Waals surface area contributed by atoms with Gasteiger partial charge in [-0.2, -0.15) is 0 Å². The van der Waals surface area contributed by atoms with Crippen LogP contribution in [0, 0.1) is 26.9 Å². The second kappa shape index (κ2) is 9.63. The molecule has 0 atom stereocenters. The van der Waals surface area contributed by atoms with Crippen molar-refractivity contribution in [1.82, 2.24) is 0 Å². The van der Waals surface area contributed by atoms with Gasteiger partial charge in [-0.25, -0.2) is 0 Å². The van der Waals surface area contributed by atoms with Crippen LogP contribution in [0.25, 0.3) is 0 Å².